The Balaban J connectivity index is 2.09. The van der Waals surface area contributed by atoms with Gasteiger partial charge in [-0.3, -0.25) is 14.9 Å². The molecule has 0 saturated carbocycles. The van der Waals surface area contributed by atoms with Crippen molar-refractivity contribution in [2.45, 2.75) is 26.4 Å². The third kappa shape index (κ3) is 5.29. The highest BCUT2D eigenvalue weighted by Crippen LogP contribution is 2.22. The lowest BCUT2D eigenvalue weighted by atomic mass is 10.1. The maximum absolute atomic E-state index is 12.6. The lowest BCUT2D eigenvalue weighted by Crippen LogP contribution is -2.39. The van der Waals surface area contributed by atoms with Crippen LogP contribution in [0.4, 0.5) is 11.4 Å². The average Bonchev–Trinajstić information content (AvgIpc) is 2.69. The topological polar surface area (TPSA) is 102 Å². The Morgan fingerprint density at radius 3 is 2.43 bits per heavy atom. The summed E-state index contributed by atoms with van der Waals surface area (Å²) in [6.45, 7) is 3.70. The van der Waals surface area contributed by atoms with Crippen LogP contribution in [0.25, 0.3) is 0 Å². The first-order chi connectivity index (χ1) is 13.3. The summed E-state index contributed by atoms with van der Waals surface area (Å²) in [6, 6.07) is 13.2. The summed E-state index contributed by atoms with van der Waals surface area (Å²) in [7, 11) is 1.59. The average molecular weight is 385 g/mol. The van der Waals surface area contributed by atoms with E-state index < -0.39 is 17.5 Å². The van der Waals surface area contributed by atoms with Crippen LogP contribution in [0.2, 0.25) is 0 Å². The molecule has 0 aliphatic rings. The van der Waals surface area contributed by atoms with Crippen LogP contribution in [0.3, 0.4) is 0 Å². The first kappa shape index (κ1) is 20.9. The standard InChI is InChI=1S/C20H23N3O5/c1-14(2)22(12-15-7-5-4-6-8-15)19(24)13-28-20(25)17-11-16(23(26)27)9-10-18(17)21-3/h4-11,14,21H,12-13H2,1-3H3. The summed E-state index contributed by atoms with van der Waals surface area (Å²) in [6.07, 6.45) is 0. The van der Waals surface area contributed by atoms with Crippen LogP contribution in [0.15, 0.2) is 48.5 Å². The molecular formula is C20H23N3O5. The maximum atomic E-state index is 12.6. The molecule has 0 bridgehead atoms. The minimum atomic E-state index is -0.801. The number of carbonyl (C=O) groups excluding carboxylic acids is 2. The fraction of sp³-hybridized carbons (Fsp3) is 0.300. The minimum absolute atomic E-state index is 0.00339. The van der Waals surface area contributed by atoms with E-state index >= 15 is 0 Å². The van der Waals surface area contributed by atoms with Crippen molar-refractivity contribution < 1.29 is 19.2 Å². The van der Waals surface area contributed by atoms with E-state index in [4.69, 9.17) is 4.74 Å². The molecule has 0 spiro atoms. The number of non-ortho nitro benzene ring substituents is 1. The van der Waals surface area contributed by atoms with Crippen molar-refractivity contribution >= 4 is 23.3 Å². The third-order valence-electron chi connectivity index (χ3n) is 4.17. The van der Waals surface area contributed by atoms with Crippen LogP contribution in [-0.4, -0.2) is 41.4 Å². The van der Waals surface area contributed by atoms with Crippen LogP contribution >= 0.6 is 0 Å². The van der Waals surface area contributed by atoms with E-state index in [1.54, 1.807) is 11.9 Å². The van der Waals surface area contributed by atoms with Crippen LogP contribution < -0.4 is 5.32 Å². The van der Waals surface area contributed by atoms with Crippen molar-refractivity contribution in [1.82, 2.24) is 4.90 Å². The fourth-order valence-corrected chi connectivity index (χ4v) is 2.66. The second-order valence-corrected chi connectivity index (χ2v) is 6.41. The summed E-state index contributed by atoms with van der Waals surface area (Å²) in [5, 5.41) is 13.7. The van der Waals surface area contributed by atoms with Gasteiger partial charge in [-0.1, -0.05) is 30.3 Å². The molecule has 0 radical (unpaired) electrons. The summed E-state index contributed by atoms with van der Waals surface area (Å²) in [4.78, 5) is 36.9. The van der Waals surface area contributed by atoms with E-state index in [0.29, 0.717) is 12.2 Å². The number of anilines is 1. The number of nitrogens with one attached hydrogen (secondary N) is 1. The molecule has 1 amide bonds. The molecule has 0 aliphatic heterocycles. The number of nitro groups is 1. The first-order valence-corrected chi connectivity index (χ1v) is 8.80. The highest BCUT2D eigenvalue weighted by Gasteiger charge is 2.22. The number of nitro benzene ring substituents is 1. The normalized spacial score (nSPS) is 10.4. The Hall–Kier alpha value is -3.42. The van der Waals surface area contributed by atoms with E-state index in [1.807, 2.05) is 44.2 Å². The second-order valence-electron chi connectivity index (χ2n) is 6.41. The third-order valence-corrected chi connectivity index (χ3v) is 4.17. The Bertz CT molecular complexity index is 852. The molecular weight excluding hydrogens is 362 g/mol. The SMILES string of the molecule is CNc1ccc([N+](=O)[O-])cc1C(=O)OCC(=O)N(Cc1ccccc1)C(C)C. The maximum Gasteiger partial charge on any atom is 0.341 e. The molecule has 8 nitrogen and oxygen atoms in total. The van der Waals surface area contributed by atoms with E-state index in [-0.39, 0.29) is 23.2 Å². The van der Waals surface area contributed by atoms with Gasteiger partial charge in [0.15, 0.2) is 6.61 Å². The molecule has 0 fully saturated rings. The summed E-state index contributed by atoms with van der Waals surface area (Å²) in [5.74, 6) is -1.14. The van der Waals surface area contributed by atoms with Gasteiger partial charge in [-0.2, -0.15) is 0 Å². The second kappa shape index (κ2) is 9.50. The number of ether oxygens (including phenoxy) is 1. The van der Waals surface area contributed by atoms with Gasteiger partial charge in [0.25, 0.3) is 11.6 Å². The molecule has 148 valence electrons. The monoisotopic (exact) mass is 385 g/mol. The van der Waals surface area contributed by atoms with Crippen molar-refractivity contribution in [1.29, 1.82) is 0 Å². The van der Waals surface area contributed by atoms with E-state index in [1.165, 1.54) is 12.1 Å². The first-order valence-electron chi connectivity index (χ1n) is 8.80. The Kier molecular flexibility index (Phi) is 7.08. The number of nitrogens with zero attached hydrogens (tertiary/aromatic N) is 2. The van der Waals surface area contributed by atoms with Gasteiger partial charge in [-0.15, -0.1) is 0 Å². The van der Waals surface area contributed by atoms with Gasteiger partial charge < -0.3 is 15.0 Å². The lowest BCUT2D eigenvalue weighted by molar-refractivity contribution is -0.384. The van der Waals surface area contributed by atoms with E-state index in [0.717, 1.165) is 11.6 Å². The number of hydrogen-bond donors (Lipinski definition) is 1. The molecule has 0 atom stereocenters. The number of amides is 1. The van der Waals surface area contributed by atoms with Crippen LogP contribution in [0.1, 0.15) is 29.8 Å². The lowest BCUT2D eigenvalue weighted by Gasteiger charge is -2.26. The molecule has 0 saturated heterocycles. The van der Waals surface area contributed by atoms with Crippen LogP contribution in [-0.2, 0) is 16.1 Å². The van der Waals surface area contributed by atoms with Crippen LogP contribution in [0.5, 0.6) is 0 Å². The van der Waals surface area contributed by atoms with Gasteiger partial charge in [0, 0.05) is 37.5 Å². The van der Waals surface area contributed by atoms with Crippen LogP contribution in [0, 0.1) is 10.1 Å². The van der Waals surface area contributed by atoms with Crippen molar-refractivity contribution in [2.24, 2.45) is 0 Å². The molecule has 0 heterocycles. The summed E-state index contributed by atoms with van der Waals surface area (Å²) >= 11 is 0. The molecule has 8 heteroatoms. The van der Waals surface area contributed by atoms with Gasteiger partial charge in [0.1, 0.15) is 0 Å². The molecule has 2 aromatic rings. The Morgan fingerprint density at radius 2 is 1.86 bits per heavy atom. The van der Waals surface area contributed by atoms with Gasteiger partial charge in [0.05, 0.1) is 10.5 Å². The fourth-order valence-electron chi connectivity index (χ4n) is 2.66. The Morgan fingerprint density at radius 1 is 1.18 bits per heavy atom. The van der Waals surface area contributed by atoms with E-state index in [2.05, 4.69) is 5.32 Å². The molecule has 0 aromatic heterocycles. The minimum Gasteiger partial charge on any atom is -0.452 e. The molecule has 0 unspecified atom stereocenters. The van der Waals surface area contributed by atoms with Gasteiger partial charge in [0.2, 0.25) is 0 Å². The predicted octanol–water partition coefficient (Wildman–Crippen LogP) is 3.23. The summed E-state index contributed by atoms with van der Waals surface area (Å²) in [5.41, 5.74) is 1.12. The quantitative estimate of drug-likeness (QED) is 0.425. The largest absolute Gasteiger partial charge is 0.452 e. The molecule has 2 aromatic carbocycles. The number of benzene rings is 2. The van der Waals surface area contributed by atoms with Crippen molar-refractivity contribution in [3.8, 4) is 0 Å². The number of carbonyl (C=O) groups is 2. The van der Waals surface area contributed by atoms with E-state index in [9.17, 15) is 19.7 Å². The van der Waals surface area contributed by atoms with Crippen molar-refractivity contribution in [2.75, 3.05) is 19.0 Å². The Labute approximate surface area is 163 Å². The highest BCUT2D eigenvalue weighted by atomic mass is 16.6. The molecule has 1 N–H and O–H groups in total. The zero-order chi connectivity index (χ0) is 20.7. The van der Waals surface area contributed by atoms with Crippen molar-refractivity contribution in [3.05, 3.63) is 69.8 Å². The smallest absolute Gasteiger partial charge is 0.341 e. The zero-order valence-corrected chi connectivity index (χ0v) is 16.0. The summed E-state index contributed by atoms with van der Waals surface area (Å²) < 4.78 is 5.14. The number of hydrogen-bond acceptors (Lipinski definition) is 6. The molecule has 2 rings (SSSR count). The zero-order valence-electron chi connectivity index (χ0n) is 16.0. The van der Waals surface area contributed by atoms with Crippen molar-refractivity contribution in [3.63, 3.8) is 0 Å². The molecule has 0 aliphatic carbocycles. The predicted molar refractivity (Wildman–Crippen MR) is 105 cm³/mol. The highest BCUT2D eigenvalue weighted by molar-refractivity contribution is 5.97. The van der Waals surface area contributed by atoms with Gasteiger partial charge >= 0.3 is 5.97 Å². The molecule has 28 heavy (non-hydrogen) atoms. The number of rotatable bonds is 8. The van der Waals surface area contributed by atoms with Gasteiger partial charge in [-0.25, -0.2) is 4.79 Å². The number of esters is 1. The van der Waals surface area contributed by atoms with Gasteiger partial charge in [-0.05, 0) is 25.5 Å².